The van der Waals surface area contributed by atoms with Crippen LogP contribution in [-0.4, -0.2) is 30.8 Å². The number of methoxy groups -OCH3 is 2. The van der Waals surface area contributed by atoms with Crippen LogP contribution in [0.3, 0.4) is 0 Å². The van der Waals surface area contributed by atoms with E-state index in [1.54, 1.807) is 26.4 Å². The second kappa shape index (κ2) is 9.22. The molecule has 0 saturated heterocycles. The average Bonchev–Trinajstić information content (AvgIpc) is 2.65. The Kier molecular flexibility index (Phi) is 7.01. The predicted octanol–water partition coefficient (Wildman–Crippen LogP) is 3.74. The van der Waals surface area contributed by atoms with Crippen molar-refractivity contribution in [2.24, 2.45) is 0 Å². The lowest BCUT2D eigenvalue weighted by Crippen LogP contribution is -2.38. The second-order valence-corrected chi connectivity index (χ2v) is 5.88. The quantitative estimate of drug-likeness (QED) is 0.759. The number of halogens is 1. The van der Waals surface area contributed by atoms with E-state index < -0.39 is 0 Å². The summed E-state index contributed by atoms with van der Waals surface area (Å²) >= 11 is 5.49. The number of hydrogen-bond donors (Lipinski definition) is 1. The normalized spacial score (nSPS) is 10.2. The third-order valence-corrected chi connectivity index (χ3v) is 4.25. The summed E-state index contributed by atoms with van der Waals surface area (Å²) in [7, 11) is 3.23. The first-order valence-electron chi connectivity index (χ1n) is 8.05. The van der Waals surface area contributed by atoms with Crippen molar-refractivity contribution in [1.82, 2.24) is 10.2 Å². The topological polar surface area (TPSA) is 33.7 Å². The summed E-state index contributed by atoms with van der Waals surface area (Å²) in [5, 5.41) is 3.87. The highest BCUT2D eigenvalue weighted by Crippen LogP contribution is 2.28. The van der Waals surface area contributed by atoms with Crippen LogP contribution in [0, 0.1) is 5.82 Å². The number of hydrogen-bond acceptors (Lipinski definition) is 3. The Balaban J connectivity index is 1.98. The van der Waals surface area contributed by atoms with Gasteiger partial charge >= 0.3 is 0 Å². The summed E-state index contributed by atoms with van der Waals surface area (Å²) in [5.41, 5.74) is 2.05. The Hall–Kier alpha value is -2.34. The lowest BCUT2D eigenvalue weighted by molar-refractivity contribution is 0.353. The summed E-state index contributed by atoms with van der Waals surface area (Å²) < 4.78 is 23.6. The zero-order chi connectivity index (χ0) is 18.2. The van der Waals surface area contributed by atoms with Crippen molar-refractivity contribution >= 4 is 17.3 Å². The number of nitrogens with one attached hydrogen (secondary N) is 1. The second-order valence-electron chi connectivity index (χ2n) is 5.49. The number of nitrogens with zero attached hydrogens (tertiary/aromatic N) is 1. The van der Waals surface area contributed by atoms with Crippen LogP contribution < -0.4 is 14.8 Å². The highest BCUT2D eigenvalue weighted by molar-refractivity contribution is 7.80. The van der Waals surface area contributed by atoms with Gasteiger partial charge in [0.2, 0.25) is 0 Å². The maximum atomic E-state index is 13.0. The molecule has 1 N–H and O–H groups in total. The van der Waals surface area contributed by atoms with Crippen molar-refractivity contribution in [3.63, 3.8) is 0 Å². The first-order chi connectivity index (χ1) is 12.1. The fourth-order valence-corrected chi connectivity index (χ4v) is 2.68. The molecule has 2 aromatic carbocycles. The fourth-order valence-electron chi connectivity index (χ4n) is 2.42. The molecule has 0 bridgehead atoms. The van der Waals surface area contributed by atoms with Gasteiger partial charge in [-0.05, 0) is 54.5 Å². The van der Waals surface area contributed by atoms with Crippen molar-refractivity contribution < 1.29 is 13.9 Å². The smallest absolute Gasteiger partial charge is 0.169 e. The third kappa shape index (κ3) is 5.32. The van der Waals surface area contributed by atoms with Crippen LogP contribution in [0.25, 0.3) is 0 Å². The predicted molar refractivity (Wildman–Crippen MR) is 101 cm³/mol. The Bertz CT molecular complexity index is 707. The van der Waals surface area contributed by atoms with E-state index in [0.717, 1.165) is 17.7 Å². The van der Waals surface area contributed by atoms with Gasteiger partial charge < -0.3 is 19.7 Å². The number of benzene rings is 2. The van der Waals surface area contributed by atoms with Crippen LogP contribution in [-0.2, 0) is 13.1 Å². The molecule has 0 aliphatic carbocycles. The van der Waals surface area contributed by atoms with Crippen molar-refractivity contribution in [3.05, 3.63) is 59.4 Å². The standard InChI is InChI=1S/C19H23FN2O2S/c1-4-22(13-15-7-10-17(23-2)18(11-15)24-3)19(25)21-12-14-5-8-16(20)9-6-14/h5-11H,4,12-13H2,1-3H3,(H,21,25). The third-order valence-electron chi connectivity index (χ3n) is 3.85. The van der Waals surface area contributed by atoms with Crippen molar-refractivity contribution in [3.8, 4) is 11.5 Å². The minimum absolute atomic E-state index is 0.241. The number of thiocarbonyl (C=S) groups is 1. The lowest BCUT2D eigenvalue weighted by Gasteiger charge is -2.25. The minimum Gasteiger partial charge on any atom is -0.493 e. The van der Waals surface area contributed by atoms with Gasteiger partial charge in [0.25, 0.3) is 0 Å². The van der Waals surface area contributed by atoms with E-state index in [-0.39, 0.29) is 5.82 Å². The molecule has 0 aliphatic heterocycles. The summed E-state index contributed by atoms with van der Waals surface area (Å²) in [4.78, 5) is 2.06. The minimum atomic E-state index is -0.241. The van der Waals surface area contributed by atoms with Crippen LogP contribution in [0.4, 0.5) is 4.39 Å². The largest absolute Gasteiger partial charge is 0.493 e. The Morgan fingerprint density at radius 3 is 2.28 bits per heavy atom. The van der Waals surface area contributed by atoms with Crippen molar-refractivity contribution in [2.45, 2.75) is 20.0 Å². The summed E-state index contributed by atoms with van der Waals surface area (Å²) in [6, 6.07) is 12.2. The van der Waals surface area contributed by atoms with Crippen LogP contribution in [0.2, 0.25) is 0 Å². The van der Waals surface area contributed by atoms with Gasteiger partial charge in [-0.2, -0.15) is 0 Å². The van der Waals surface area contributed by atoms with Gasteiger partial charge in [0.05, 0.1) is 14.2 Å². The molecular weight excluding hydrogens is 339 g/mol. The highest BCUT2D eigenvalue weighted by Gasteiger charge is 2.11. The Labute approximate surface area is 153 Å². The van der Waals surface area contributed by atoms with Gasteiger partial charge in [-0.25, -0.2) is 4.39 Å². The molecule has 6 heteroatoms. The molecule has 134 valence electrons. The molecule has 4 nitrogen and oxygen atoms in total. The summed E-state index contributed by atoms with van der Waals surface area (Å²) in [5.74, 6) is 1.16. The van der Waals surface area contributed by atoms with Gasteiger partial charge in [-0.15, -0.1) is 0 Å². The monoisotopic (exact) mass is 362 g/mol. The average molecular weight is 362 g/mol. The van der Waals surface area contributed by atoms with Crippen LogP contribution in [0.5, 0.6) is 11.5 Å². The highest BCUT2D eigenvalue weighted by atomic mass is 32.1. The van der Waals surface area contributed by atoms with Gasteiger partial charge in [0.1, 0.15) is 5.82 Å². The summed E-state index contributed by atoms with van der Waals surface area (Å²) in [6.45, 7) is 4.03. The molecular formula is C19H23FN2O2S. The molecule has 0 amide bonds. The molecule has 25 heavy (non-hydrogen) atoms. The van der Waals surface area contributed by atoms with Gasteiger partial charge in [-0.3, -0.25) is 0 Å². The molecule has 0 radical (unpaired) electrons. The number of rotatable bonds is 7. The zero-order valence-corrected chi connectivity index (χ0v) is 15.5. The molecule has 0 atom stereocenters. The molecule has 0 heterocycles. The van der Waals surface area contributed by atoms with E-state index >= 15 is 0 Å². The Morgan fingerprint density at radius 2 is 1.68 bits per heavy atom. The maximum absolute atomic E-state index is 13.0. The van der Waals surface area contributed by atoms with E-state index in [1.807, 2.05) is 25.1 Å². The molecule has 0 saturated carbocycles. The summed E-state index contributed by atoms with van der Waals surface area (Å²) in [6.07, 6.45) is 0. The maximum Gasteiger partial charge on any atom is 0.169 e. The van der Waals surface area contributed by atoms with Gasteiger partial charge in [0, 0.05) is 19.6 Å². The number of ether oxygens (including phenoxy) is 2. The van der Waals surface area contributed by atoms with Gasteiger partial charge in [0.15, 0.2) is 16.6 Å². The van der Waals surface area contributed by atoms with E-state index in [4.69, 9.17) is 21.7 Å². The molecule has 0 spiro atoms. The lowest BCUT2D eigenvalue weighted by atomic mass is 10.2. The van der Waals surface area contributed by atoms with E-state index in [9.17, 15) is 4.39 Å². The molecule has 2 aromatic rings. The first kappa shape index (κ1) is 19.0. The van der Waals surface area contributed by atoms with Gasteiger partial charge in [-0.1, -0.05) is 18.2 Å². The SMILES string of the molecule is CCN(Cc1ccc(OC)c(OC)c1)C(=S)NCc1ccc(F)cc1. The zero-order valence-electron chi connectivity index (χ0n) is 14.7. The first-order valence-corrected chi connectivity index (χ1v) is 8.46. The molecule has 0 aliphatic rings. The molecule has 0 fully saturated rings. The fraction of sp³-hybridized carbons (Fsp3) is 0.316. The molecule has 2 rings (SSSR count). The van der Waals surface area contributed by atoms with Crippen molar-refractivity contribution in [1.29, 1.82) is 0 Å². The molecule has 0 unspecified atom stereocenters. The van der Waals surface area contributed by atoms with Crippen LogP contribution >= 0.6 is 12.2 Å². The van der Waals surface area contributed by atoms with Crippen LogP contribution in [0.1, 0.15) is 18.1 Å². The molecule has 0 aromatic heterocycles. The van der Waals surface area contributed by atoms with Crippen molar-refractivity contribution in [2.75, 3.05) is 20.8 Å². The Morgan fingerprint density at radius 1 is 1.04 bits per heavy atom. The van der Waals surface area contributed by atoms with E-state index in [1.165, 1.54) is 12.1 Å². The van der Waals surface area contributed by atoms with Crippen LogP contribution in [0.15, 0.2) is 42.5 Å². The van der Waals surface area contributed by atoms with E-state index in [0.29, 0.717) is 29.7 Å². The van der Waals surface area contributed by atoms with E-state index in [2.05, 4.69) is 10.2 Å².